The van der Waals surface area contributed by atoms with Crippen molar-refractivity contribution in [2.75, 3.05) is 0 Å². The highest BCUT2D eigenvalue weighted by atomic mass is 16.5. The van der Waals surface area contributed by atoms with E-state index in [0.717, 1.165) is 22.0 Å². The number of nitrogens with zero attached hydrogens (tertiary/aromatic N) is 3. The maximum atomic E-state index is 9.37. The Morgan fingerprint density at radius 3 is 2.65 bits per heavy atom. The van der Waals surface area contributed by atoms with E-state index in [2.05, 4.69) is 10.1 Å². The van der Waals surface area contributed by atoms with E-state index in [1.54, 1.807) is 10.9 Å². The number of hydrogen-bond acceptors (Lipinski definition) is 4. The average Bonchev–Trinajstić information content (AvgIpc) is 2.77. The normalized spacial score (nSPS) is 10.9. The molecular formula is C15H15N3O2. The highest BCUT2D eigenvalue weighted by Gasteiger charge is 2.11. The molecule has 0 atom stereocenters. The second-order valence-electron chi connectivity index (χ2n) is 4.64. The minimum Gasteiger partial charge on any atom is -0.420 e. The maximum absolute atomic E-state index is 9.37. The van der Waals surface area contributed by atoms with Crippen LogP contribution in [0.15, 0.2) is 36.5 Å². The van der Waals surface area contributed by atoms with Crippen LogP contribution in [0.4, 0.5) is 0 Å². The number of hydrogen-bond donors (Lipinski definition) is 1. The number of aliphatic hydroxyl groups is 1. The summed E-state index contributed by atoms with van der Waals surface area (Å²) < 4.78 is 7.52. The third-order valence-electron chi connectivity index (χ3n) is 3.17. The molecule has 0 amide bonds. The number of rotatable bonds is 3. The molecule has 2 aromatic heterocycles. The van der Waals surface area contributed by atoms with E-state index in [1.165, 1.54) is 0 Å². The zero-order valence-electron chi connectivity index (χ0n) is 11.4. The molecule has 0 radical (unpaired) electrons. The fraction of sp³-hybridized carbons (Fsp3) is 0.200. The Labute approximate surface area is 116 Å². The van der Waals surface area contributed by atoms with Gasteiger partial charge in [-0.15, -0.1) is 0 Å². The molecule has 0 bridgehead atoms. The van der Waals surface area contributed by atoms with Crippen LogP contribution in [0, 0.1) is 6.92 Å². The van der Waals surface area contributed by atoms with Gasteiger partial charge in [0.1, 0.15) is 0 Å². The summed E-state index contributed by atoms with van der Waals surface area (Å²) in [6, 6.07) is 9.59. The molecule has 0 fully saturated rings. The maximum Gasteiger partial charge on any atom is 0.229 e. The van der Waals surface area contributed by atoms with Gasteiger partial charge in [-0.25, -0.2) is 9.67 Å². The van der Waals surface area contributed by atoms with Crippen molar-refractivity contribution in [2.24, 2.45) is 7.05 Å². The van der Waals surface area contributed by atoms with Gasteiger partial charge in [0.05, 0.1) is 12.3 Å². The van der Waals surface area contributed by atoms with Crippen molar-refractivity contribution >= 4 is 10.8 Å². The molecule has 0 aliphatic carbocycles. The van der Waals surface area contributed by atoms with Gasteiger partial charge in [0.25, 0.3) is 0 Å². The molecule has 0 unspecified atom stereocenters. The molecular weight excluding hydrogens is 254 g/mol. The van der Waals surface area contributed by atoms with Crippen LogP contribution in [0.2, 0.25) is 0 Å². The van der Waals surface area contributed by atoms with E-state index < -0.39 is 0 Å². The van der Waals surface area contributed by atoms with Gasteiger partial charge in [-0.3, -0.25) is 0 Å². The molecule has 0 saturated heterocycles. The molecule has 2 heterocycles. The summed E-state index contributed by atoms with van der Waals surface area (Å²) >= 11 is 0. The van der Waals surface area contributed by atoms with Crippen LogP contribution < -0.4 is 4.74 Å². The van der Waals surface area contributed by atoms with Gasteiger partial charge in [0.15, 0.2) is 0 Å². The first-order valence-electron chi connectivity index (χ1n) is 6.35. The summed E-state index contributed by atoms with van der Waals surface area (Å²) in [7, 11) is 1.83. The first kappa shape index (κ1) is 12.6. The monoisotopic (exact) mass is 269 g/mol. The lowest BCUT2D eigenvalue weighted by Crippen LogP contribution is -1.98. The summed E-state index contributed by atoms with van der Waals surface area (Å²) in [5.74, 6) is 1.15. The molecule has 0 aliphatic rings. The number of ether oxygens (including phenoxy) is 1. The van der Waals surface area contributed by atoms with E-state index in [9.17, 15) is 5.11 Å². The van der Waals surface area contributed by atoms with E-state index in [0.29, 0.717) is 11.8 Å². The number of benzene rings is 1. The highest BCUT2D eigenvalue weighted by Crippen LogP contribution is 2.29. The topological polar surface area (TPSA) is 60.2 Å². The summed E-state index contributed by atoms with van der Waals surface area (Å²) in [4.78, 5) is 4.30. The van der Waals surface area contributed by atoms with E-state index >= 15 is 0 Å². The van der Waals surface area contributed by atoms with Gasteiger partial charge in [0, 0.05) is 30.3 Å². The first-order valence-corrected chi connectivity index (χ1v) is 6.35. The second-order valence-corrected chi connectivity index (χ2v) is 4.64. The van der Waals surface area contributed by atoms with E-state index in [-0.39, 0.29) is 6.61 Å². The highest BCUT2D eigenvalue weighted by molar-refractivity contribution is 5.89. The molecule has 3 aromatic rings. The lowest BCUT2D eigenvalue weighted by molar-refractivity contribution is 0.282. The first-order chi connectivity index (χ1) is 9.69. The van der Waals surface area contributed by atoms with Crippen LogP contribution in [0.25, 0.3) is 10.8 Å². The zero-order valence-corrected chi connectivity index (χ0v) is 11.4. The van der Waals surface area contributed by atoms with Crippen LogP contribution in [0.5, 0.6) is 11.8 Å². The molecule has 102 valence electrons. The largest absolute Gasteiger partial charge is 0.420 e. The molecule has 0 spiro atoms. The van der Waals surface area contributed by atoms with Gasteiger partial charge >= 0.3 is 0 Å². The van der Waals surface area contributed by atoms with Crippen molar-refractivity contribution in [3.63, 3.8) is 0 Å². The summed E-state index contributed by atoms with van der Waals surface area (Å²) in [6.07, 6.45) is 1.64. The summed E-state index contributed by atoms with van der Waals surface area (Å²) in [5, 5.41) is 15.4. The molecule has 1 aromatic carbocycles. The SMILES string of the molecule is Cc1cc(Oc2ncc(CO)c3ccccc23)n(C)n1. The van der Waals surface area contributed by atoms with Crippen molar-refractivity contribution < 1.29 is 9.84 Å². The van der Waals surface area contributed by atoms with Crippen molar-refractivity contribution in [2.45, 2.75) is 13.5 Å². The van der Waals surface area contributed by atoms with Crippen molar-refractivity contribution in [3.8, 4) is 11.8 Å². The Morgan fingerprint density at radius 1 is 1.25 bits per heavy atom. The molecule has 5 nitrogen and oxygen atoms in total. The number of aliphatic hydroxyl groups excluding tert-OH is 1. The minimum atomic E-state index is -0.0430. The molecule has 3 rings (SSSR count). The Kier molecular flexibility index (Phi) is 3.12. The zero-order chi connectivity index (χ0) is 14.1. The Hall–Kier alpha value is -2.40. The van der Waals surface area contributed by atoms with Crippen LogP contribution >= 0.6 is 0 Å². The smallest absolute Gasteiger partial charge is 0.229 e. The van der Waals surface area contributed by atoms with E-state index in [1.807, 2.05) is 44.3 Å². The van der Waals surface area contributed by atoms with Crippen LogP contribution in [0.3, 0.4) is 0 Å². The van der Waals surface area contributed by atoms with Gasteiger partial charge in [-0.1, -0.05) is 18.2 Å². The third-order valence-corrected chi connectivity index (χ3v) is 3.17. The molecule has 0 saturated carbocycles. The standard InChI is InChI=1S/C15H15N3O2/c1-10-7-14(18(2)17-10)20-15-13-6-4-3-5-12(13)11(9-19)8-16-15/h3-8,19H,9H2,1-2H3. The van der Waals surface area contributed by atoms with Crippen molar-refractivity contribution in [1.29, 1.82) is 0 Å². The molecule has 5 heteroatoms. The number of aryl methyl sites for hydroxylation is 2. The number of fused-ring (bicyclic) bond motifs is 1. The predicted molar refractivity (Wildman–Crippen MR) is 75.7 cm³/mol. The molecule has 20 heavy (non-hydrogen) atoms. The quantitative estimate of drug-likeness (QED) is 0.793. The summed E-state index contributed by atoms with van der Waals surface area (Å²) in [5.41, 5.74) is 1.67. The Balaban J connectivity index is 2.10. The second kappa shape index (κ2) is 4.94. The third kappa shape index (κ3) is 2.12. The molecule has 0 aliphatic heterocycles. The number of pyridine rings is 1. The number of aromatic nitrogens is 3. The van der Waals surface area contributed by atoms with Gasteiger partial charge in [-0.05, 0) is 18.4 Å². The minimum absolute atomic E-state index is 0.0430. The van der Waals surface area contributed by atoms with Crippen LogP contribution in [-0.4, -0.2) is 19.9 Å². The van der Waals surface area contributed by atoms with Gasteiger partial charge in [0.2, 0.25) is 11.8 Å². The van der Waals surface area contributed by atoms with Crippen LogP contribution in [0.1, 0.15) is 11.3 Å². The molecule has 1 N–H and O–H groups in total. The lowest BCUT2D eigenvalue weighted by atomic mass is 10.1. The fourth-order valence-corrected chi connectivity index (χ4v) is 2.21. The van der Waals surface area contributed by atoms with Gasteiger partial charge in [-0.2, -0.15) is 5.10 Å². The summed E-state index contributed by atoms with van der Waals surface area (Å²) in [6.45, 7) is 1.87. The van der Waals surface area contributed by atoms with Crippen LogP contribution in [-0.2, 0) is 13.7 Å². The Bertz CT molecular complexity index is 765. The Morgan fingerprint density at radius 2 is 2.00 bits per heavy atom. The average molecular weight is 269 g/mol. The van der Waals surface area contributed by atoms with Crippen molar-refractivity contribution in [3.05, 3.63) is 47.8 Å². The van der Waals surface area contributed by atoms with Crippen molar-refractivity contribution in [1.82, 2.24) is 14.8 Å². The fourth-order valence-electron chi connectivity index (χ4n) is 2.21. The van der Waals surface area contributed by atoms with E-state index in [4.69, 9.17) is 4.74 Å². The predicted octanol–water partition coefficient (Wildman–Crippen LogP) is 2.56. The van der Waals surface area contributed by atoms with Gasteiger partial charge < -0.3 is 9.84 Å². The lowest BCUT2D eigenvalue weighted by Gasteiger charge is -2.09.